The molecule has 0 saturated heterocycles. The monoisotopic (exact) mass is 268 g/mol. The Morgan fingerprint density at radius 1 is 1.15 bits per heavy atom. The third-order valence-electron chi connectivity index (χ3n) is 3.46. The van der Waals surface area contributed by atoms with Crippen molar-refractivity contribution in [1.29, 1.82) is 0 Å². The number of nitrogens with one attached hydrogen (secondary N) is 2. The van der Waals surface area contributed by atoms with Gasteiger partial charge in [-0.3, -0.25) is 4.79 Å². The second-order valence-corrected chi connectivity index (χ2v) is 4.91. The lowest BCUT2D eigenvalue weighted by molar-refractivity contribution is 0.102. The molecule has 0 fully saturated rings. The Bertz CT molecular complexity index is 653. The van der Waals surface area contributed by atoms with Crippen LogP contribution in [0.25, 0.3) is 0 Å². The molecule has 1 aliphatic rings. The highest BCUT2D eigenvalue weighted by Gasteiger charge is 2.12. The van der Waals surface area contributed by atoms with Gasteiger partial charge in [-0.25, -0.2) is 0 Å². The molecule has 2 aromatic rings. The van der Waals surface area contributed by atoms with E-state index in [0.717, 1.165) is 19.5 Å². The van der Waals surface area contributed by atoms with Crippen molar-refractivity contribution < 1.29 is 9.90 Å². The van der Waals surface area contributed by atoms with Gasteiger partial charge in [-0.1, -0.05) is 12.1 Å². The van der Waals surface area contributed by atoms with Gasteiger partial charge < -0.3 is 15.7 Å². The average molecular weight is 268 g/mol. The maximum absolute atomic E-state index is 12.2. The van der Waals surface area contributed by atoms with Crippen molar-refractivity contribution >= 4 is 11.6 Å². The van der Waals surface area contributed by atoms with Crippen molar-refractivity contribution in [2.45, 2.75) is 13.0 Å². The number of anilines is 1. The number of hydrogen-bond acceptors (Lipinski definition) is 3. The van der Waals surface area contributed by atoms with Crippen molar-refractivity contribution in [3.63, 3.8) is 0 Å². The summed E-state index contributed by atoms with van der Waals surface area (Å²) >= 11 is 0. The normalized spacial score (nSPS) is 13.6. The molecule has 1 heterocycles. The van der Waals surface area contributed by atoms with Gasteiger partial charge in [0.05, 0.1) is 0 Å². The van der Waals surface area contributed by atoms with Crippen molar-refractivity contribution in [1.82, 2.24) is 5.32 Å². The fourth-order valence-electron chi connectivity index (χ4n) is 2.41. The minimum Gasteiger partial charge on any atom is -0.508 e. The topological polar surface area (TPSA) is 61.4 Å². The molecule has 0 aliphatic carbocycles. The molecule has 102 valence electrons. The molecule has 0 bridgehead atoms. The third-order valence-corrected chi connectivity index (χ3v) is 3.46. The van der Waals surface area contributed by atoms with Gasteiger partial charge in [-0.05, 0) is 48.4 Å². The van der Waals surface area contributed by atoms with Gasteiger partial charge in [0.25, 0.3) is 5.91 Å². The maximum Gasteiger partial charge on any atom is 0.255 e. The first-order valence-electron chi connectivity index (χ1n) is 6.65. The van der Waals surface area contributed by atoms with E-state index in [-0.39, 0.29) is 11.7 Å². The molecule has 4 nitrogen and oxygen atoms in total. The molecule has 0 radical (unpaired) electrons. The zero-order valence-corrected chi connectivity index (χ0v) is 11.0. The van der Waals surface area contributed by atoms with Crippen LogP contribution in [0.3, 0.4) is 0 Å². The van der Waals surface area contributed by atoms with Crippen molar-refractivity contribution in [3.05, 3.63) is 59.2 Å². The lowest BCUT2D eigenvalue weighted by Gasteiger charge is -2.17. The van der Waals surface area contributed by atoms with Crippen LogP contribution >= 0.6 is 0 Å². The van der Waals surface area contributed by atoms with Crippen LogP contribution in [0.1, 0.15) is 21.5 Å². The fourth-order valence-corrected chi connectivity index (χ4v) is 2.41. The van der Waals surface area contributed by atoms with Gasteiger partial charge in [0.15, 0.2) is 0 Å². The Kier molecular flexibility index (Phi) is 3.39. The predicted molar refractivity (Wildman–Crippen MR) is 77.9 cm³/mol. The lowest BCUT2D eigenvalue weighted by Crippen LogP contribution is -2.24. The highest BCUT2D eigenvalue weighted by Crippen LogP contribution is 2.19. The van der Waals surface area contributed by atoms with Crippen LogP contribution in [0.2, 0.25) is 0 Å². The van der Waals surface area contributed by atoms with Gasteiger partial charge in [0.1, 0.15) is 5.75 Å². The smallest absolute Gasteiger partial charge is 0.255 e. The molecule has 0 atom stereocenters. The molecule has 2 aromatic carbocycles. The van der Waals surface area contributed by atoms with Gasteiger partial charge in [0.2, 0.25) is 0 Å². The second kappa shape index (κ2) is 5.35. The zero-order valence-electron chi connectivity index (χ0n) is 11.0. The van der Waals surface area contributed by atoms with Gasteiger partial charge in [-0.15, -0.1) is 0 Å². The highest BCUT2D eigenvalue weighted by molar-refractivity contribution is 6.04. The van der Waals surface area contributed by atoms with Gasteiger partial charge in [-0.2, -0.15) is 0 Å². The summed E-state index contributed by atoms with van der Waals surface area (Å²) in [6.07, 6.45) is 0.947. The van der Waals surface area contributed by atoms with Crippen LogP contribution < -0.4 is 10.6 Å². The molecule has 0 unspecified atom stereocenters. The standard InChI is InChI=1S/C16H16N2O2/c19-15-3-1-2-14(9-15)18-16(20)12-4-5-13-10-17-7-6-11(13)8-12/h1-5,8-9,17,19H,6-7,10H2,(H,18,20). The molecule has 0 aromatic heterocycles. The van der Waals surface area contributed by atoms with E-state index in [1.165, 1.54) is 17.2 Å². The highest BCUT2D eigenvalue weighted by atomic mass is 16.3. The molecule has 0 spiro atoms. The quantitative estimate of drug-likeness (QED) is 0.783. The Morgan fingerprint density at radius 3 is 2.90 bits per heavy atom. The summed E-state index contributed by atoms with van der Waals surface area (Å²) in [6.45, 7) is 1.81. The summed E-state index contributed by atoms with van der Waals surface area (Å²) in [6, 6.07) is 12.3. The lowest BCUT2D eigenvalue weighted by atomic mass is 9.98. The summed E-state index contributed by atoms with van der Waals surface area (Å²) in [5.74, 6) is -0.0174. The molecule has 1 aliphatic heterocycles. The molecule has 3 N–H and O–H groups in total. The number of benzene rings is 2. The fraction of sp³-hybridized carbons (Fsp3) is 0.188. The minimum atomic E-state index is -0.156. The Morgan fingerprint density at radius 2 is 2.05 bits per heavy atom. The SMILES string of the molecule is O=C(Nc1cccc(O)c1)c1ccc2c(c1)CCNC2. The van der Waals surface area contributed by atoms with E-state index in [9.17, 15) is 9.90 Å². The van der Waals surface area contributed by atoms with E-state index in [1.807, 2.05) is 18.2 Å². The average Bonchev–Trinajstić information content (AvgIpc) is 2.47. The number of phenols is 1. The molecular formula is C16H16N2O2. The molecule has 4 heteroatoms. The van der Waals surface area contributed by atoms with Crippen molar-refractivity contribution in [2.24, 2.45) is 0 Å². The first-order chi connectivity index (χ1) is 9.72. The summed E-state index contributed by atoms with van der Waals surface area (Å²) < 4.78 is 0. The number of carbonyl (C=O) groups is 1. The number of aromatic hydroxyl groups is 1. The summed E-state index contributed by atoms with van der Waals surface area (Å²) in [7, 11) is 0. The van der Waals surface area contributed by atoms with E-state index in [2.05, 4.69) is 10.6 Å². The van der Waals surface area contributed by atoms with Crippen molar-refractivity contribution in [2.75, 3.05) is 11.9 Å². The third kappa shape index (κ3) is 2.65. The molecular weight excluding hydrogens is 252 g/mol. The van der Waals surface area contributed by atoms with Crippen LogP contribution in [0.4, 0.5) is 5.69 Å². The number of amides is 1. The van der Waals surface area contributed by atoms with Gasteiger partial charge >= 0.3 is 0 Å². The van der Waals surface area contributed by atoms with E-state index in [1.54, 1.807) is 18.2 Å². The summed E-state index contributed by atoms with van der Waals surface area (Å²) in [5, 5.41) is 15.5. The van der Waals surface area contributed by atoms with E-state index in [0.29, 0.717) is 11.3 Å². The van der Waals surface area contributed by atoms with Crippen LogP contribution in [0, 0.1) is 0 Å². The van der Waals surface area contributed by atoms with Crippen LogP contribution in [0.5, 0.6) is 5.75 Å². The summed E-state index contributed by atoms with van der Waals surface area (Å²) in [5.41, 5.74) is 3.72. The van der Waals surface area contributed by atoms with Crippen LogP contribution in [-0.4, -0.2) is 17.6 Å². The molecule has 1 amide bonds. The number of hydrogen-bond donors (Lipinski definition) is 3. The zero-order chi connectivity index (χ0) is 13.9. The number of phenolic OH excluding ortho intramolecular Hbond substituents is 1. The Labute approximate surface area is 117 Å². The van der Waals surface area contributed by atoms with Gasteiger partial charge in [0, 0.05) is 23.9 Å². The minimum absolute atomic E-state index is 0.138. The largest absolute Gasteiger partial charge is 0.508 e. The van der Waals surface area contributed by atoms with E-state index in [4.69, 9.17) is 0 Å². The molecule has 20 heavy (non-hydrogen) atoms. The maximum atomic E-state index is 12.2. The van der Waals surface area contributed by atoms with Crippen LogP contribution in [-0.2, 0) is 13.0 Å². The Hall–Kier alpha value is -2.33. The second-order valence-electron chi connectivity index (χ2n) is 4.91. The molecule has 3 rings (SSSR count). The number of fused-ring (bicyclic) bond motifs is 1. The van der Waals surface area contributed by atoms with Crippen molar-refractivity contribution in [3.8, 4) is 5.75 Å². The number of carbonyl (C=O) groups excluding carboxylic acids is 1. The Balaban J connectivity index is 1.80. The van der Waals surface area contributed by atoms with E-state index >= 15 is 0 Å². The number of rotatable bonds is 2. The molecule has 0 saturated carbocycles. The summed E-state index contributed by atoms with van der Waals surface area (Å²) in [4.78, 5) is 12.2. The van der Waals surface area contributed by atoms with Crippen LogP contribution in [0.15, 0.2) is 42.5 Å². The predicted octanol–water partition coefficient (Wildman–Crippen LogP) is 2.29. The first kappa shape index (κ1) is 12.7. The van der Waals surface area contributed by atoms with E-state index < -0.39 is 0 Å². The first-order valence-corrected chi connectivity index (χ1v) is 6.65.